The molecule has 0 saturated heterocycles. The second kappa shape index (κ2) is 10.7. The highest BCUT2D eigenvalue weighted by Gasteiger charge is 2.36. The average Bonchev–Trinajstić information content (AvgIpc) is 3.25. The Morgan fingerprint density at radius 2 is 1.77 bits per heavy atom. The smallest absolute Gasteiger partial charge is 0.338 e. The second-order valence-corrected chi connectivity index (χ2v) is 9.83. The molecular formula is C30H26N2O6S. The highest BCUT2D eigenvalue weighted by atomic mass is 32.1. The lowest BCUT2D eigenvalue weighted by Gasteiger charge is -2.27. The van der Waals surface area contributed by atoms with Crippen molar-refractivity contribution in [1.82, 2.24) is 4.57 Å². The zero-order chi connectivity index (χ0) is 27.7. The van der Waals surface area contributed by atoms with Gasteiger partial charge in [-0.15, -0.1) is 0 Å². The van der Waals surface area contributed by atoms with Crippen molar-refractivity contribution in [2.45, 2.75) is 19.9 Å². The van der Waals surface area contributed by atoms with E-state index in [9.17, 15) is 14.4 Å². The Kier molecular flexibility index (Phi) is 7.17. The number of hydrogen-bond acceptors (Lipinski definition) is 8. The molecular weight excluding hydrogens is 516 g/mol. The molecule has 0 saturated carbocycles. The Hall–Kier alpha value is -4.50. The summed E-state index contributed by atoms with van der Waals surface area (Å²) >= 11 is 1.23. The average molecular weight is 543 g/mol. The van der Waals surface area contributed by atoms with Gasteiger partial charge in [0.25, 0.3) is 5.56 Å². The number of benzene rings is 3. The van der Waals surface area contributed by atoms with E-state index in [-0.39, 0.29) is 17.7 Å². The van der Waals surface area contributed by atoms with Gasteiger partial charge in [0.05, 0.1) is 42.2 Å². The predicted octanol–water partition coefficient (Wildman–Crippen LogP) is 3.75. The summed E-state index contributed by atoms with van der Waals surface area (Å²) in [4.78, 5) is 44.2. The van der Waals surface area contributed by atoms with Crippen LogP contribution in [-0.2, 0) is 14.3 Å². The predicted molar refractivity (Wildman–Crippen MR) is 149 cm³/mol. The number of allylic oxidation sites excluding steroid dienone is 1. The maximum absolute atomic E-state index is 14.0. The van der Waals surface area contributed by atoms with Crippen molar-refractivity contribution in [2.24, 2.45) is 4.99 Å². The van der Waals surface area contributed by atoms with Gasteiger partial charge in [-0.05, 0) is 54.5 Å². The van der Waals surface area contributed by atoms with Crippen LogP contribution in [0.25, 0.3) is 16.8 Å². The number of thiazole rings is 1. The van der Waals surface area contributed by atoms with Crippen molar-refractivity contribution in [3.8, 4) is 5.75 Å². The van der Waals surface area contributed by atoms with Gasteiger partial charge in [-0.25, -0.2) is 14.6 Å². The summed E-state index contributed by atoms with van der Waals surface area (Å²) in [6.45, 7) is 3.67. The number of carbonyl (C=O) groups excluding carboxylic acids is 2. The first-order valence-electron chi connectivity index (χ1n) is 12.3. The fourth-order valence-corrected chi connectivity index (χ4v) is 5.83. The maximum Gasteiger partial charge on any atom is 0.338 e. The quantitative estimate of drug-likeness (QED) is 0.345. The molecule has 39 heavy (non-hydrogen) atoms. The van der Waals surface area contributed by atoms with Gasteiger partial charge < -0.3 is 14.2 Å². The number of methoxy groups -OCH3 is 2. The molecule has 0 bridgehead atoms. The van der Waals surface area contributed by atoms with E-state index < -0.39 is 18.0 Å². The summed E-state index contributed by atoms with van der Waals surface area (Å²) in [7, 11) is 2.89. The van der Waals surface area contributed by atoms with Crippen LogP contribution in [0, 0.1) is 0 Å². The number of aromatic nitrogens is 1. The van der Waals surface area contributed by atoms with Crippen molar-refractivity contribution in [3.63, 3.8) is 0 Å². The molecule has 0 radical (unpaired) electrons. The van der Waals surface area contributed by atoms with E-state index in [0.29, 0.717) is 31.9 Å². The molecule has 0 fully saturated rings. The van der Waals surface area contributed by atoms with Crippen LogP contribution in [-0.4, -0.2) is 37.3 Å². The first kappa shape index (κ1) is 26.1. The normalized spacial score (nSPS) is 15.1. The van der Waals surface area contributed by atoms with Crippen molar-refractivity contribution in [3.05, 3.63) is 108 Å². The monoisotopic (exact) mass is 542 g/mol. The van der Waals surface area contributed by atoms with E-state index in [4.69, 9.17) is 14.2 Å². The number of carbonyl (C=O) groups is 2. The summed E-state index contributed by atoms with van der Waals surface area (Å²) in [5.41, 5.74) is 2.28. The molecule has 3 aromatic carbocycles. The van der Waals surface area contributed by atoms with E-state index >= 15 is 0 Å². The van der Waals surface area contributed by atoms with Crippen LogP contribution >= 0.6 is 11.3 Å². The van der Waals surface area contributed by atoms with Crippen LogP contribution in [0.2, 0.25) is 0 Å². The zero-order valence-corrected chi connectivity index (χ0v) is 22.7. The van der Waals surface area contributed by atoms with Gasteiger partial charge >= 0.3 is 11.9 Å². The lowest BCUT2D eigenvalue weighted by Crippen LogP contribution is -2.40. The van der Waals surface area contributed by atoms with Gasteiger partial charge in [0.15, 0.2) is 4.80 Å². The number of ether oxygens (including phenoxy) is 3. The van der Waals surface area contributed by atoms with Gasteiger partial charge in [0.1, 0.15) is 11.8 Å². The van der Waals surface area contributed by atoms with Crippen LogP contribution in [0.5, 0.6) is 5.75 Å². The summed E-state index contributed by atoms with van der Waals surface area (Å²) in [5, 5.41) is 1.80. The third-order valence-electron chi connectivity index (χ3n) is 6.57. The van der Waals surface area contributed by atoms with Gasteiger partial charge in [-0.2, -0.15) is 0 Å². The first-order valence-corrected chi connectivity index (χ1v) is 13.1. The van der Waals surface area contributed by atoms with Crippen molar-refractivity contribution in [1.29, 1.82) is 0 Å². The van der Waals surface area contributed by atoms with E-state index in [1.165, 1.54) is 18.4 Å². The van der Waals surface area contributed by atoms with Crippen LogP contribution in [0.1, 0.15) is 41.4 Å². The van der Waals surface area contributed by atoms with Crippen LogP contribution in [0.4, 0.5) is 0 Å². The molecule has 0 amide bonds. The Balaban J connectivity index is 1.77. The Bertz CT molecular complexity index is 1810. The molecule has 0 unspecified atom stereocenters. The zero-order valence-electron chi connectivity index (χ0n) is 21.9. The Morgan fingerprint density at radius 1 is 1.03 bits per heavy atom. The Labute approximate surface area is 228 Å². The number of nitrogens with zero attached hydrogens (tertiary/aromatic N) is 2. The largest absolute Gasteiger partial charge is 0.496 e. The molecule has 2 heterocycles. The first-order chi connectivity index (χ1) is 18.9. The van der Waals surface area contributed by atoms with E-state index in [1.807, 2.05) is 36.4 Å². The van der Waals surface area contributed by atoms with Crippen LogP contribution in [0.3, 0.4) is 0 Å². The number of fused-ring (bicyclic) bond motifs is 2. The highest BCUT2D eigenvalue weighted by molar-refractivity contribution is 7.07. The molecule has 1 aliphatic rings. The summed E-state index contributed by atoms with van der Waals surface area (Å²) in [6.07, 6.45) is 1.74. The van der Waals surface area contributed by atoms with Crippen LogP contribution in [0.15, 0.2) is 81.7 Å². The molecule has 9 heteroatoms. The molecule has 0 spiro atoms. The molecule has 0 N–H and O–H groups in total. The fraction of sp³-hybridized carbons (Fsp3) is 0.200. The maximum atomic E-state index is 14.0. The van der Waals surface area contributed by atoms with E-state index in [2.05, 4.69) is 4.99 Å². The minimum Gasteiger partial charge on any atom is -0.496 e. The SMILES string of the molecule is CCOC(=O)C1=C(C)N=c2s/c(=C\c3ccc(C(=O)OC)cc3)c(=O)n2[C@H]1c1c(OC)ccc2ccccc12. The standard InChI is InChI=1S/C30H26N2O6S/c1-5-38-29(35)24-17(2)31-30-32(26(24)25-21-9-7-6-8-19(21)14-15-22(25)36-3)27(33)23(39-30)16-18-10-12-20(13-11-18)28(34)37-4/h6-16,26H,5H2,1-4H3/b23-16-/t26-/m1/s1. The summed E-state index contributed by atoms with van der Waals surface area (Å²) < 4.78 is 17.9. The van der Waals surface area contributed by atoms with E-state index in [0.717, 1.165) is 16.3 Å². The molecule has 1 aromatic heterocycles. The van der Waals surface area contributed by atoms with Gasteiger partial charge in [-0.3, -0.25) is 9.36 Å². The molecule has 1 atom stereocenters. The van der Waals surface area contributed by atoms with Crippen molar-refractivity contribution >= 4 is 40.1 Å². The third-order valence-corrected chi connectivity index (χ3v) is 7.55. The highest BCUT2D eigenvalue weighted by Crippen LogP contribution is 2.40. The third kappa shape index (κ3) is 4.66. The number of esters is 2. The van der Waals surface area contributed by atoms with Gasteiger partial charge in [0.2, 0.25) is 0 Å². The number of hydrogen-bond donors (Lipinski definition) is 0. The summed E-state index contributed by atoms with van der Waals surface area (Å²) in [6, 6.07) is 17.5. The summed E-state index contributed by atoms with van der Waals surface area (Å²) in [5.74, 6) is -0.429. The van der Waals surface area contributed by atoms with Gasteiger partial charge in [0, 0.05) is 5.56 Å². The molecule has 1 aliphatic heterocycles. The van der Waals surface area contributed by atoms with Crippen molar-refractivity contribution < 1.29 is 23.8 Å². The van der Waals surface area contributed by atoms with E-state index in [1.54, 1.807) is 55.9 Å². The minimum atomic E-state index is -0.815. The Morgan fingerprint density at radius 3 is 2.46 bits per heavy atom. The lowest BCUT2D eigenvalue weighted by molar-refractivity contribution is -0.139. The fourth-order valence-electron chi connectivity index (χ4n) is 4.78. The minimum absolute atomic E-state index is 0.182. The molecule has 0 aliphatic carbocycles. The molecule has 198 valence electrons. The van der Waals surface area contributed by atoms with Gasteiger partial charge in [-0.1, -0.05) is 53.8 Å². The second-order valence-electron chi connectivity index (χ2n) is 8.82. The lowest BCUT2D eigenvalue weighted by atomic mass is 9.90. The molecule has 8 nitrogen and oxygen atoms in total. The van der Waals surface area contributed by atoms with Crippen molar-refractivity contribution in [2.75, 3.05) is 20.8 Å². The topological polar surface area (TPSA) is 96.2 Å². The molecule has 4 aromatic rings. The van der Waals surface area contributed by atoms with Crippen LogP contribution < -0.4 is 19.6 Å². The molecule has 5 rings (SSSR count). The number of rotatable bonds is 6.